The van der Waals surface area contributed by atoms with Gasteiger partial charge in [-0.25, -0.2) is 0 Å². The van der Waals surface area contributed by atoms with Crippen molar-refractivity contribution in [1.29, 1.82) is 0 Å². The minimum Gasteiger partial charge on any atom is -0.507 e. The Kier molecular flexibility index (Phi) is 4.39. The summed E-state index contributed by atoms with van der Waals surface area (Å²) in [5.41, 5.74) is 3.38. The standard InChI is InChI=1S/C19H31NO/c1-18(2,3)14-11-13(16-9-7-8-10-20-16)12-15(17(14)21)19(4,5)6/h11-12,16,20-21H,7-10H2,1-6H3/t16-/m1/s1. The number of nitrogens with one attached hydrogen (secondary N) is 1. The van der Waals surface area contributed by atoms with Crippen LogP contribution in [0.4, 0.5) is 0 Å². The van der Waals surface area contributed by atoms with Crippen LogP contribution in [0.25, 0.3) is 0 Å². The fraction of sp³-hybridized carbons (Fsp3) is 0.684. The largest absolute Gasteiger partial charge is 0.507 e. The molecule has 0 spiro atoms. The van der Waals surface area contributed by atoms with Crippen molar-refractivity contribution < 1.29 is 5.11 Å². The lowest BCUT2D eigenvalue weighted by molar-refractivity contribution is 0.402. The molecule has 1 atom stereocenters. The van der Waals surface area contributed by atoms with E-state index < -0.39 is 0 Å². The van der Waals surface area contributed by atoms with Crippen LogP contribution in [0.1, 0.15) is 83.5 Å². The van der Waals surface area contributed by atoms with Gasteiger partial charge >= 0.3 is 0 Å². The third-order valence-electron chi connectivity index (χ3n) is 4.46. The second kappa shape index (κ2) is 5.64. The van der Waals surface area contributed by atoms with Crippen LogP contribution in [0.2, 0.25) is 0 Å². The Balaban J connectivity index is 2.56. The number of hydrogen-bond acceptors (Lipinski definition) is 2. The molecule has 0 aliphatic carbocycles. The van der Waals surface area contributed by atoms with Crippen LogP contribution in [-0.4, -0.2) is 11.7 Å². The van der Waals surface area contributed by atoms with Crippen molar-refractivity contribution in [2.24, 2.45) is 0 Å². The van der Waals surface area contributed by atoms with Crippen molar-refractivity contribution in [1.82, 2.24) is 5.32 Å². The number of hydrogen-bond donors (Lipinski definition) is 2. The van der Waals surface area contributed by atoms with Crippen LogP contribution >= 0.6 is 0 Å². The molecule has 0 bridgehead atoms. The molecule has 21 heavy (non-hydrogen) atoms. The minimum atomic E-state index is -0.0469. The highest BCUT2D eigenvalue weighted by Crippen LogP contribution is 2.41. The summed E-state index contributed by atoms with van der Waals surface area (Å²) >= 11 is 0. The number of phenols is 1. The summed E-state index contributed by atoms with van der Waals surface area (Å²) in [6.45, 7) is 14.1. The molecule has 118 valence electrons. The minimum absolute atomic E-state index is 0.0469. The molecule has 2 nitrogen and oxygen atoms in total. The van der Waals surface area contributed by atoms with Gasteiger partial charge in [-0.3, -0.25) is 0 Å². The first-order chi connectivity index (χ1) is 9.60. The Morgan fingerprint density at radius 3 is 1.86 bits per heavy atom. The van der Waals surface area contributed by atoms with Crippen LogP contribution < -0.4 is 5.32 Å². The molecule has 0 aromatic heterocycles. The van der Waals surface area contributed by atoms with E-state index in [9.17, 15) is 5.11 Å². The molecule has 1 fully saturated rings. The molecule has 2 heteroatoms. The summed E-state index contributed by atoms with van der Waals surface area (Å²) in [5, 5.41) is 14.4. The molecular formula is C19H31NO. The Morgan fingerprint density at radius 1 is 0.952 bits per heavy atom. The second-order valence-corrected chi connectivity index (χ2v) is 8.47. The van der Waals surface area contributed by atoms with Crippen molar-refractivity contribution in [3.8, 4) is 5.75 Å². The third kappa shape index (κ3) is 3.60. The average molecular weight is 289 g/mol. The van der Waals surface area contributed by atoms with Gasteiger partial charge in [0.2, 0.25) is 0 Å². The Bertz CT molecular complexity index is 464. The molecule has 1 heterocycles. The van der Waals surface area contributed by atoms with Gasteiger partial charge in [-0.15, -0.1) is 0 Å². The zero-order chi connectivity index (χ0) is 15.8. The van der Waals surface area contributed by atoms with Gasteiger partial charge in [-0.1, -0.05) is 48.0 Å². The van der Waals surface area contributed by atoms with E-state index in [0.29, 0.717) is 11.8 Å². The lowest BCUT2D eigenvalue weighted by Crippen LogP contribution is -2.28. The third-order valence-corrected chi connectivity index (χ3v) is 4.46. The van der Waals surface area contributed by atoms with E-state index >= 15 is 0 Å². The van der Waals surface area contributed by atoms with Gasteiger partial charge in [0, 0.05) is 6.04 Å². The molecular weight excluding hydrogens is 258 g/mol. The fourth-order valence-corrected chi connectivity index (χ4v) is 3.14. The van der Waals surface area contributed by atoms with Gasteiger partial charge in [0.1, 0.15) is 5.75 Å². The molecule has 2 N–H and O–H groups in total. The summed E-state index contributed by atoms with van der Waals surface area (Å²) in [6, 6.07) is 4.86. The quantitative estimate of drug-likeness (QED) is 0.778. The molecule has 1 aromatic carbocycles. The maximum absolute atomic E-state index is 10.8. The molecule has 1 aromatic rings. The maximum Gasteiger partial charge on any atom is 0.123 e. The van der Waals surface area contributed by atoms with Gasteiger partial charge in [0.15, 0.2) is 0 Å². The van der Waals surface area contributed by atoms with Gasteiger partial charge in [0.25, 0.3) is 0 Å². The lowest BCUT2D eigenvalue weighted by Gasteiger charge is -2.31. The smallest absolute Gasteiger partial charge is 0.123 e. The van der Waals surface area contributed by atoms with E-state index in [2.05, 4.69) is 59.0 Å². The van der Waals surface area contributed by atoms with Crippen molar-refractivity contribution in [2.45, 2.75) is 77.7 Å². The predicted molar refractivity (Wildman–Crippen MR) is 90.1 cm³/mol. The van der Waals surface area contributed by atoms with E-state index in [1.54, 1.807) is 0 Å². The predicted octanol–water partition coefficient (Wildman–Crippen LogP) is 4.80. The van der Waals surface area contributed by atoms with Crippen LogP contribution in [0.3, 0.4) is 0 Å². The number of rotatable bonds is 1. The van der Waals surface area contributed by atoms with Crippen molar-refractivity contribution in [2.75, 3.05) is 6.54 Å². The van der Waals surface area contributed by atoms with Crippen LogP contribution in [-0.2, 0) is 10.8 Å². The molecule has 1 saturated heterocycles. The molecule has 1 aliphatic heterocycles. The summed E-state index contributed by atoms with van der Waals surface area (Å²) in [7, 11) is 0. The summed E-state index contributed by atoms with van der Waals surface area (Å²) in [6.07, 6.45) is 3.75. The summed E-state index contributed by atoms with van der Waals surface area (Å²) in [5.74, 6) is 0.481. The molecule has 0 saturated carbocycles. The van der Waals surface area contributed by atoms with Crippen molar-refractivity contribution in [3.05, 3.63) is 28.8 Å². The number of benzene rings is 1. The molecule has 1 aliphatic rings. The molecule has 0 amide bonds. The second-order valence-electron chi connectivity index (χ2n) is 8.47. The van der Waals surface area contributed by atoms with Gasteiger partial charge in [-0.2, -0.15) is 0 Å². The van der Waals surface area contributed by atoms with Crippen molar-refractivity contribution in [3.63, 3.8) is 0 Å². The Labute approximate surface area is 130 Å². The highest BCUT2D eigenvalue weighted by atomic mass is 16.3. The van der Waals surface area contributed by atoms with Gasteiger partial charge in [0.05, 0.1) is 0 Å². The molecule has 2 rings (SSSR count). The average Bonchev–Trinajstić information content (AvgIpc) is 2.37. The lowest BCUT2D eigenvalue weighted by atomic mass is 9.77. The molecule has 0 radical (unpaired) electrons. The van der Waals surface area contributed by atoms with Gasteiger partial charge in [-0.05, 0) is 59.0 Å². The van der Waals surface area contributed by atoms with Crippen LogP contribution in [0.5, 0.6) is 5.75 Å². The summed E-state index contributed by atoms with van der Waals surface area (Å²) in [4.78, 5) is 0. The van der Waals surface area contributed by atoms with Crippen LogP contribution in [0, 0.1) is 0 Å². The van der Waals surface area contributed by atoms with E-state index in [4.69, 9.17) is 0 Å². The first-order valence-electron chi connectivity index (χ1n) is 8.22. The number of piperidine rings is 1. The number of aromatic hydroxyl groups is 1. The SMILES string of the molecule is CC(C)(C)c1cc([C@H]2CCCCN2)cc(C(C)(C)C)c1O. The Hall–Kier alpha value is -1.02. The van der Waals surface area contributed by atoms with E-state index in [1.807, 2.05) is 0 Å². The monoisotopic (exact) mass is 289 g/mol. The normalized spacial score (nSPS) is 20.6. The highest BCUT2D eigenvalue weighted by molar-refractivity contribution is 5.50. The molecule has 0 unspecified atom stereocenters. The van der Waals surface area contributed by atoms with Crippen molar-refractivity contribution >= 4 is 0 Å². The fourth-order valence-electron chi connectivity index (χ4n) is 3.14. The van der Waals surface area contributed by atoms with Crippen LogP contribution in [0.15, 0.2) is 12.1 Å². The number of phenolic OH excluding ortho intramolecular Hbond substituents is 1. The van der Waals surface area contributed by atoms with Gasteiger partial charge < -0.3 is 10.4 Å². The summed E-state index contributed by atoms with van der Waals surface area (Å²) < 4.78 is 0. The zero-order valence-electron chi connectivity index (χ0n) is 14.5. The zero-order valence-corrected chi connectivity index (χ0v) is 14.5. The highest BCUT2D eigenvalue weighted by Gasteiger charge is 2.28. The first kappa shape index (κ1) is 16.4. The maximum atomic E-state index is 10.8. The first-order valence-corrected chi connectivity index (χ1v) is 8.22. The van der Waals surface area contributed by atoms with E-state index in [0.717, 1.165) is 17.7 Å². The van der Waals surface area contributed by atoms with E-state index in [1.165, 1.54) is 24.8 Å². The van der Waals surface area contributed by atoms with E-state index in [-0.39, 0.29) is 10.8 Å². The topological polar surface area (TPSA) is 32.3 Å². The Morgan fingerprint density at radius 2 is 1.48 bits per heavy atom.